The maximum atomic E-state index is 14.2. The van der Waals surface area contributed by atoms with Crippen LogP contribution in [0.2, 0.25) is 0 Å². The van der Waals surface area contributed by atoms with Gasteiger partial charge in [-0.15, -0.1) is 11.3 Å². The SMILES string of the molecule is COCCN1C(=O)c2ccccc2[C@@H](C(=O)N2CCN(c3cccc(OC)c3)CC2)[C@H]1c1cccs1. The first-order valence-corrected chi connectivity index (χ1v) is 13.1. The predicted molar refractivity (Wildman–Crippen MR) is 141 cm³/mol. The highest BCUT2D eigenvalue weighted by atomic mass is 32.1. The molecule has 1 fully saturated rings. The standard InChI is InChI=1S/C28H31N3O4S/c1-34-17-16-31-26(24-11-6-18-36-24)25(22-9-3-4-10-23(22)27(31)32)28(33)30-14-12-29(13-15-30)20-7-5-8-21(19-20)35-2/h3-11,18-19,25-26H,12-17H2,1-2H3/t25-,26-/m1/s1. The lowest BCUT2D eigenvalue weighted by molar-refractivity contribution is -0.135. The highest BCUT2D eigenvalue weighted by Crippen LogP contribution is 2.45. The molecule has 8 heteroatoms. The van der Waals surface area contributed by atoms with Crippen molar-refractivity contribution in [3.63, 3.8) is 0 Å². The summed E-state index contributed by atoms with van der Waals surface area (Å²) >= 11 is 1.59. The molecule has 0 bridgehead atoms. The van der Waals surface area contributed by atoms with Crippen molar-refractivity contribution in [3.05, 3.63) is 82.0 Å². The van der Waals surface area contributed by atoms with Crippen LogP contribution in [0.5, 0.6) is 5.75 Å². The molecule has 1 saturated heterocycles. The Morgan fingerprint density at radius 2 is 1.81 bits per heavy atom. The van der Waals surface area contributed by atoms with Crippen LogP contribution < -0.4 is 9.64 Å². The molecule has 3 aromatic rings. The molecule has 2 amide bonds. The first-order chi connectivity index (χ1) is 17.6. The summed E-state index contributed by atoms with van der Waals surface area (Å²) in [5.41, 5.74) is 2.52. The predicted octanol–water partition coefficient (Wildman–Crippen LogP) is 4.03. The van der Waals surface area contributed by atoms with Crippen molar-refractivity contribution in [2.24, 2.45) is 0 Å². The normalized spacial score (nSPS) is 19.8. The van der Waals surface area contributed by atoms with Gasteiger partial charge in [-0.3, -0.25) is 9.59 Å². The van der Waals surface area contributed by atoms with Gasteiger partial charge in [-0.25, -0.2) is 0 Å². The summed E-state index contributed by atoms with van der Waals surface area (Å²) in [5, 5.41) is 2.00. The number of rotatable bonds is 7. The number of ether oxygens (including phenoxy) is 2. The number of benzene rings is 2. The Hall–Kier alpha value is -3.36. The topological polar surface area (TPSA) is 62.3 Å². The van der Waals surface area contributed by atoms with Crippen molar-refractivity contribution in [3.8, 4) is 5.75 Å². The average molecular weight is 506 g/mol. The molecule has 1 aromatic heterocycles. The Morgan fingerprint density at radius 3 is 2.53 bits per heavy atom. The van der Waals surface area contributed by atoms with E-state index < -0.39 is 5.92 Å². The fourth-order valence-corrected chi connectivity index (χ4v) is 6.13. The fourth-order valence-electron chi connectivity index (χ4n) is 5.26. The average Bonchev–Trinajstić information content (AvgIpc) is 3.47. The number of methoxy groups -OCH3 is 2. The van der Waals surface area contributed by atoms with E-state index in [0.29, 0.717) is 31.8 Å². The molecule has 0 aliphatic carbocycles. The fraction of sp³-hybridized carbons (Fsp3) is 0.357. The Labute approximate surface area is 215 Å². The molecular formula is C28H31N3O4S. The zero-order valence-corrected chi connectivity index (χ0v) is 21.4. The molecule has 2 aromatic carbocycles. The molecule has 0 radical (unpaired) electrons. The van der Waals surface area contributed by atoms with Crippen LogP contribution >= 0.6 is 11.3 Å². The molecule has 2 aliphatic heterocycles. The largest absolute Gasteiger partial charge is 0.497 e. The van der Waals surface area contributed by atoms with Crippen LogP contribution in [0.15, 0.2) is 66.0 Å². The minimum Gasteiger partial charge on any atom is -0.497 e. The molecule has 0 N–H and O–H groups in total. The van der Waals surface area contributed by atoms with Gasteiger partial charge in [0.05, 0.1) is 25.7 Å². The molecule has 7 nitrogen and oxygen atoms in total. The molecule has 36 heavy (non-hydrogen) atoms. The van der Waals surface area contributed by atoms with Gasteiger partial charge in [0.2, 0.25) is 5.91 Å². The Balaban J connectivity index is 1.44. The van der Waals surface area contributed by atoms with E-state index in [1.807, 2.05) is 69.8 Å². The molecule has 0 saturated carbocycles. The first kappa shape index (κ1) is 24.3. The molecule has 3 heterocycles. The third-order valence-corrected chi connectivity index (χ3v) is 8.03. The van der Waals surface area contributed by atoms with E-state index in [0.717, 1.165) is 35.0 Å². The first-order valence-electron chi connectivity index (χ1n) is 12.2. The lowest BCUT2D eigenvalue weighted by Crippen LogP contribution is -2.53. The zero-order valence-electron chi connectivity index (χ0n) is 20.6. The third-order valence-electron chi connectivity index (χ3n) is 7.09. The highest BCUT2D eigenvalue weighted by Gasteiger charge is 2.46. The number of hydrogen-bond acceptors (Lipinski definition) is 6. The van der Waals surface area contributed by atoms with Gasteiger partial charge in [0.15, 0.2) is 0 Å². The van der Waals surface area contributed by atoms with Crippen molar-refractivity contribution in [1.82, 2.24) is 9.80 Å². The van der Waals surface area contributed by atoms with Crippen LogP contribution in [0.4, 0.5) is 5.69 Å². The monoisotopic (exact) mass is 505 g/mol. The van der Waals surface area contributed by atoms with Crippen LogP contribution in [0.3, 0.4) is 0 Å². The molecule has 188 valence electrons. The number of piperazine rings is 1. The van der Waals surface area contributed by atoms with Gasteiger partial charge in [-0.1, -0.05) is 30.3 Å². The number of fused-ring (bicyclic) bond motifs is 1. The van der Waals surface area contributed by atoms with E-state index in [1.165, 1.54) is 0 Å². The second kappa shape index (κ2) is 10.7. The van der Waals surface area contributed by atoms with Gasteiger partial charge < -0.3 is 24.2 Å². The Kier molecular flexibility index (Phi) is 7.25. The van der Waals surface area contributed by atoms with Crippen LogP contribution in [-0.2, 0) is 9.53 Å². The summed E-state index contributed by atoms with van der Waals surface area (Å²) in [4.78, 5) is 34.9. The van der Waals surface area contributed by atoms with Crippen LogP contribution in [0.25, 0.3) is 0 Å². The van der Waals surface area contributed by atoms with E-state index in [-0.39, 0.29) is 17.9 Å². The smallest absolute Gasteiger partial charge is 0.254 e. The summed E-state index contributed by atoms with van der Waals surface area (Å²) in [6.45, 7) is 3.57. The van der Waals surface area contributed by atoms with Gasteiger partial charge in [0.25, 0.3) is 5.91 Å². The summed E-state index contributed by atoms with van der Waals surface area (Å²) in [5.74, 6) is 0.385. The van der Waals surface area contributed by atoms with E-state index in [2.05, 4.69) is 11.0 Å². The summed E-state index contributed by atoms with van der Waals surface area (Å²) in [7, 11) is 3.30. The quantitative estimate of drug-likeness (QED) is 0.485. The van der Waals surface area contributed by atoms with Gasteiger partial charge in [0.1, 0.15) is 5.75 Å². The second-order valence-electron chi connectivity index (χ2n) is 9.03. The number of carbonyl (C=O) groups is 2. The molecule has 0 unspecified atom stereocenters. The highest BCUT2D eigenvalue weighted by molar-refractivity contribution is 7.10. The van der Waals surface area contributed by atoms with Crippen LogP contribution in [-0.4, -0.2) is 75.2 Å². The van der Waals surface area contributed by atoms with E-state index in [9.17, 15) is 9.59 Å². The summed E-state index contributed by atoms with van der Waals surface area (Å²) in [6.07, 6.45) is 0. The van der Waals surface area contributed by atoms with Crippen molar-refractivity contribution in [1.29, 1.82) is 0 Å². The van der Waals surface area contributed by atoms with Crippen molar-refractivity contribution in [2.45, 2.75) is 12.0 Å². The molecule has 5 rings (SSSR count). The number of thiophene rings is 1. The van der Waals surface area contributed by atoms with Gasteiger partial charge >= 0.3 is 0 Å². The number of carbonyl (C=O) groups excluding carboxylic acids is 2. The van der Waals surface area contributed by atoms with E-state index in [4.69, 9.17) is 9.47 Å². The van der Waals surface area contributed by atoms with Crippen LogP contribution in [0.1, 0.15) is 32.8 Å². The maximum absolute atomic E-state index is 14.2. The Morgan fingerprint density at radius 1 is 1.00 bits per heavy atom. The third kappa shape index (κ3) is 4.58. The summed E-state index contributed by atoms with van der Waals surface area (Å²) in [6, 6.07) is 19.2. The molecule has 2 aliphatic rings. The van der Waals surface area contributed by atoms with E-state index in [1.54, 1.807) is 25.6 Å². The second-order valence-corrected chi connectivity index (χ2v) is 10.0. The lowest BCUT2D eigenvalue weighted by atomic mass is 9.81. The number of hydrogen-bond donors (Lipinski definition) is 0. The van der Waals surface area contributed by atoms with E-state index >= 15 is 0 Å². The van der Waals surface area contributed by atoms with Crippen molar-refractivity contribution < 1.29 is 19.1 Å². The number of nitrogens with zero attached hydrogens (tertiary/aromatic N) is 3. The zero-order chi connectivity index (χ0) is 25.1. The van der Waals surface area contributed by atoms with Gasteiger partial charge in [-0.2, -0.15) is 0 Å². The van der Waals surface area contributed by atoms with Gasteiger partial charge in [-0.05, 0) is 35.2 Å². The Bertz CT molecular complexity index is 1210. The minimum absolute atomic E-state index is 0.0482. The van der Waals surface area contributed by atoms with Gasteiger partial charge in [0, 0.05) is 62.0 Å². The molecular weight excluding hydrogens is 474 g/mol. The van der Waals surface area contributed by atoms with Crippen molar-refractivity contribution in [2.75, 3.05) is 58.5 Å². The van der Waals surface area contributed by atoms with Crippen LogP contribution in [0, 0.1) is 0 Å². The maximum Gasteiger partial charge on any atom is 0.254 e. The summed E-state index contributed by atoms with van der Waals surface area (Å²) < 4.78 is 10.7. The van der Waals surface area contributed by atoms with Crippen molar-refractivity contribution >= 4 is 28.8 Å². The molecule has 0 spiro atoms. The lowest BCUT2D eigenvalue weighted by Gasteiger charge is -2.44. The minimum atomic E-state index is -0.460. The molecule has 2 atom stereocenters. The number of anilines is 1. The number of amides is 2.